The standard InChI is InChI=1S/C23H25N5O3/c1-31-19-7-5-17(6-8-19)13-28-22(30)21(29)27-16-23(12-20(27)25-28)9-11-26(15-23)14-18-4-2-3-10-24-18/h2-8,10H,9,11-16H2,1H3/t23-/m1/s1. The second kappa shape index (κ2) is 7.77. The third kappa shape index (κ3) is 3.79. The van der Waals surface area contributed by atoms with Crippen LogP contribution in [-0.4, -0.2) is 44.4 Å². The highest BCUT2D eigenvalue weighted by Gasteiger charge is 2.44. The SMILES string of the molecule is COc1ccc(Cn2nc3n(c(=O)c2=O)C[C@]2(CCN(Cc4ccccn4)C2)C3)cc1. The normalized spacial score (nSPS) is 20.3. The zero-order chi connectivity index (χ0) is 21.4. The molecule has 0 bridgehead atoms. The molecule has 5 rings (SSSR count). The molecule has 2 aliphatic heterocycles. The number of fused-ring (bicyclic) bond motifs is 1. The number of nitrogens with zero attached hydrogens (tertiary/aromatic N) is 5. The van der Waals surface area contributed by atoms with E-state index in [1.807, 2.05) is 48.7 Å². The number of hydrogen-bond donors (Lipinski definition) is 0. The lowest BCUT2D eigenvalue weighted by Gasteiger charge is -2.22. The Morgan fingerprint density at radius 2 is 1.87 bits per heavy atom. The summed E-state index contributed by atoms with van der Waals surface area (Å²) in [6.07, 6.45) is 3.51. The molecule has 1 fully saturated rings. The molecule has 0 unspecified atom stereocenters. The van der Waals surface area contributed by atoms with Crippen LogP contribution in [0.2, 0.25) is 0 Å². The van der Waals surface area contributed by atoms with Crippen LogP contribution in [0.15, 0.2) is 58.3 Å². The fourth-order valence-electron chi connectivity index (χ4n) is 4.77. The summed E-state index contributed by atoms with van der Waals surface area (Å²) in [6, 6.07) is 13.4. The van der Waals surface area contributed by atoms with Gasteiger partial charge in [0.25, 0.3) is 0 Å². The van der Waals surface area contributed by atoms with Crippen LogP contribution >= 0.6 is 0 Å². The summed E-state index contributed by atoms with van der Waals surface area (Å²) in [6.45, 7) is 3.45. The van der Waals surface area contributed by atoms with Crippen LogP contribution < -0.4 is 15.9 Å². The van der Waals surface area contributed by atoms with Crippen molar-refractivity contribution in [2.75, 3.05) is 20.2 Å². The summed E-state index contributed by atoms with van der Waals surface area (Å²) in [4.78, 5) is 32.3. The first-order valence-electron chi connectivity index (χ1n) is 10.5. The molecular formula is C23H25N5O3. The summed E-state index contributed by atoms with van der Waals surface area (Å²) in [5.74, 6) is 1.45. The highest BCUT2D eigenvalue weighted by Crippen LogP contribution is 2.39. The fourth-order valence-corrected chi connectivity index (χ4v) is 4.77. The van der Waals surface area contributed by atoms with Crippen molar-refractivity contribution in [2.24, 2.45) is 5.41 Å². The van der Waals surface area contributed by atoms with E-state index in [0.717, 1.165) is 43.1 Å². The number of aromatic nitrogens is 4. The minimum Gasteiger partial charge on any atom is -0.497 e. The van der Waals surface area contributed by atoms with E-state index in [-0.39, 0.29) is 12.0 Å². The van der Waals surface area contributed by atoms with Crippen LogP contribution in [0.1, 0.15) is 23.5 Å². The van der Waals surface area contributed by atoms with Crippen LogP contribution in [0.4, 0.5) is 0 Å². The molecule has 160 valence electrons. The van der Waals surface area contributed by atoms with Gasteiger partial charge in [0, 0.05) is 37.7 Å². The smallest absolute Gasteiger partial charge is 0.332 e. The van der Waals surface area contributed by atoms with Gasteiger partial charge in [-0.1, -0.05) is 18.2 Å². The molecule has 0 saturated carbocycles. The van der Waals surface area contributed by atoms with Crippen molar-refractivity contribution in [1.29, 1.82) is 0 Å². The maximum atomic E-state index is 12.8. The average Bonchev–Trinajstić information content (AvgIpc) is 3.35. The monoisotopic (exact) mass is 419 g/mol. The third-order valence-electron chi connectivity index (χ3n) is 6.36. The molecule has 1 saturated heterocycles. The van der Waals surface area contributed by atoms with Crippen molar-refractivity contribution in [3.63, 3.8) is 0 Å². The first-order valence-corrected chi connectivity index (χ1v) is 10.5. The van der Waals surface area contributed by atoms with Crippen molar-refractivity contribution >= 4 is 0 Å². The molecule has 4 heterocycles. The Hall–Kier alpha value is -3.26. The quantitative estimate of drug-likeness (QED) is 0.580. The zero-order valence-corrected chi connectivity index (χ0v) is 17.5. The van der Waals surface area contributed by atoms with E-state index in [1.165, 1.54) is 4.68 Å². The molecule has 1 spiro atoms. The van der Waals surface area contributed by atoms with Crippen LogP contribution in [0.25, 0.3) is 0 Å². The summed E-state index contributed by atoms with van der Waals surface area (Å²) in [5.41, 5.74) is 0.859. The molecule has 8 nitrogen and oxygen atoms in total. The topological polar surface area (TPSA) is 82.2 Å². The number of benzene rings is 1. The molecule has 0 aliphatic carbocycles. The van der Waals surface area contributed by atoms with Crippen molar-refractivity contribution in [3.05, 3.63) is 86.5 Å². The predicted molar refractivity (Wildman–Crippen MR) is 115 cm³/mol. The second-order valence-corrected chi connectivity index (χ2v) is 8.58. The summed E-state index contributed by atoms with van der Waals surface area (Å²) < 4.78 is 8.07. The van der Waals surface area contributed by atoms with E-state index in [9.17, 15) is 9.59 Å². The van der Waals surface area contributed by atoms with Crippen molar-refractivity contribution in [1.82, 2.24) is 24.2 Å². The highest BCUT2D eigenvalue weighted by atomic mass is 16.5. The van der Waals surface area contributed by atoms with E-state index in [2.05, 4.69) is 15.0 Å². The third-order valence-corrected chi connectivity index (χ3v) is 6.36. The van der Waals surface area contributed by atoms with Gasteiger partial charge < -0.3 is 4.74 Å². The van der Waals surface area contributed by atoms with Crippen LogP contribution in [0, 0.1) is 5.41 Å². The molecule has 0 N–H and O–H groups in total. The maximum Gasteiger partial charge on any atom is 0.332 e. The zero-order valence-electron chi connectivity index (χ0n) is 17.5. The lowest BCUT2D eigenvalue weighted by atomic mass is 9.86. The molecule has 31 heavy (non-hydrogen) atoms. The molecular weight excluding hydrogens is 394 g/mol. The van der Waals surface area contributed by atoms with E-state index in [4.69, 9.17) is 4.74 Å². The largest absolute Gasteiger partial charge is 0.497 e. The van der Waals surface area contributed by atoms with E-state index in [1.54, 1.807) is 11.7 Å². The number of hydrogen-bond acceptors (Lipinski definition) is 6. The second-order valence-electron chi connectivity index (χ2n) is 8.58. The number of ether oxygens (including phenoxy) is 1. The number of pyridine rings is 1. The lowest BCUT2D eigenvalue weighted by Crippen LogP contribution is -2.43. The minimum absolute atomic E-state index is 0.0420. The van der Waals surface area contributed by atoms with Gasteiger partial charge in [-0.05, 0) is 42.8 Å². The number of likely N-dealkylation sites (tertiary alicyclic amines) is 1. The van der Waals surface area contributed by atoms with Crippen LogP contribution in [-0.2, 0) is 26.1 Å². The van der Waals surface area contributed by atoms with Gasteiger partial charge >= 0.3 is 11.1 Å². The number of rotatable bonds is 5. The molecule has 0 amide bonds. The Kier molecular flexibility index (Phi) is 4.94. The average molecular weight is 419 g/mol. The van der Waals surface area contributed by atoms with Crippen molar-refractivity contribution in [3.8, 4) is 5.75 Å². The molecule has 2 aromatic heterocycles. The van der Waals surface area contributed by atoms with E-state index in [0.29, 0.717) is 18.8 Å². The Labute approximate surface area is 179 Å². The predicted octanol–water partition coefficient (Wildman–Crippen LogP) is 1.31. The van der Waals surface area contributed by atoms with Crippen LogP contribution in [0.5, 0.6) is 5.75 Å². The van der Waals surface area contributed by atoms with Gasteiger partial charge in [0.05, 0.1) is 19.3 Å². The summed E-state index contributed by atoms with van der Waals surface area (Å²) >= 11 is 0. The van der Waals surface area contributed by atoms with E-state index < -0.39 is 11.1 Å². The molecule has 0 radical (unpaired) electrons. The van der Waals surface area contributed by atoms with Gasteiger partial charge in [-0.15, -0.1) is 0 Å². The van der Waals surface area contributed by atoms with Gasteiger partial charge in [0.2, 0.25) is 0 Å². The Bertz CT molecular complexity index is 1200. The Balaban J connectivity index is 1.35. The van der Waals surface area contributed by atoms with Gasteiger partial charge in [-0.3, -0.25) is 24.0 Å². The summed E-state index contributed by atoms with van der Waals surface area (Å²) in [5, 5.41) is 4.58. The van der Waals surface area contributed by atoms with Gasteiger partial charge in [-0.2, -0.15) is 5.10 Å². The first-order chi connectivity index (χ1) is 15.0. The summed E-state index contributed by atoms with van der Waals surface area (Å²) in [7, 11) is 1.61. The minimum atomic E-state index is -0.569. The van der Waals surface area contributed by atoms with E-state index >= 15 is 0 Å². The van der Waals surface area contributed by atoms with Gasteiger partial charge in [-0.25, -0.2) is 4.68 Å². The van der Waals surface area contributed by atoms with Gasteiger partial charge in [0.1, 0.15) is 11.6 Å². The van der Waals surface area contributed by atoms with Gasteiger partial charge in [0.15, 0.2) is 0 Å². The van der Waals surface area contributed by atoms with Crippen molar-refractivity contribution < 1.29 is 4.74 Å². The number of methoxy groups -OCH3 is 1. The van der Waals surface area contributed by atoms with Crippen molar-refractivity contribution in [2.45, 2.75) is 32.5 Å². The fraction of sp³-hybridized carbons (Fsp3) is 0.391. The maximum absolute atomic E-state index is 12.8. The molecule has 2 aliphatic rings. The Morgan fingerprint density at radius 1 is 1.03 bits per heavy atom. The molecule has 1 atom stereocenters. The molecule has 1 aromatic carbocycles. The first kappa shape index (κ1) is 19.7. The Morgan fingerprint density at radius 3 is 2.61 bits per heavy atom. The molecule has 3 aromatic rings. The van der Waals surface area contributed by atoms with Crippen LogP contribution in [0.3, 0.4) is 0 Å². The molecule has 8 heteroatoms. The lowest BCUT2D eigenvalue weighted by molar-refractivity contribution is 0.245. The highest BCUT2D eigenvalue weighted by molar-refractivity contribution is 5.27.